The van der Waals surface area contributed by atoms with Crippen LogP contribution < -0.4 is 0 Å². The first-order valence-electron chi connectivity index (χ1n) is 9.40. The van der Waals surface area contributed by atoms with Gasteiger partial charge in [0.25, 0.3) is 4.84 Å². The fourth-order valence-electron chi connectivity index (χ4n) is 3.62. The van der Waals surface area contributed by atoms with Gasteiger partial charge >= 0.3 is 0 Å². The highest BCUT2D eigenvalue weighted by Gasteiger charge is 2.18. The fraction of sp³-hybridized carbons (Fsp3) is 0.238. The van der Waals surface area contributed by atoms with E-state index in [1.165, 1.54) is 12.8 Å². The summed E-state index contributed by atoms with van der Waals surface area (Å²) in [5, 5.41) is 5.66. The zero-order chi connectivity index (χ0) is 18.9. The molecule has 1 fully saturated rings. The maximum absolute atomic E-state index is 5.90. The highest BCUT2D eigenvalue weighted by atomic mass is 32.1. The number of pyridine rings is 2. The highest BCUT2D eigenvalue weighted by molar-refractivity contribution is 7.71. The molecule has 7 heteroatoms. The third-order valence-corrected chi connectivity index (χ3v) is 5.31. The zero-order valence-electron chi connectivity index (χ0n) is 15.3. The zero-order valence-corrected chi connectivity index (χ0v) is 16.1. The van der Waals surface area contributed by atoms with E-state index in [2.05, 4.69) is 15.0 Å². The Morgan fingerprint density at radius 1 is 1.00 bits per heavy atom. The lowest BCUT2D eigenvalue weighted by atomic mass is 10.1. The van der Waals surface area contributed by atoms with Gasteiger partial charge in [-0.3, -0.25) is 9.88 Å². The molecule has 1 aromatic carbocycles. The average molecular weight is 389 g/mol. The van der Waals surface area contributed by atoms with E-state index >= 15 is 0 Å². The lowest BCUT2D eigenvalue weighted by Gasteiger charge is -2.12. The van der Waals surface area contributed by atoms with Gasteiger partial charge in [0.1, 0.15) is 0 Å². The molecule has 0 saturated carbocycles. The summed E-state index contributed by atoms with van der Waals surface area (Å²) in [6.07, 6.45) is 4.21. The summed E-state index contributed by atoms with van der Waals surface area (Å²) in [6, 6.07) is 15.7. The van der Waals surface area contributed by atoms with Crippen molar-refractivity contribution in [3.63, 3.8) is 0 Å². The Hall–Kier alpha value is -2.90. The predicted octanol–water partition coefficient (Wildman–Crippen LogP) is 4.54. The van der Waals surface area contributed by atoms with Gasteiger partial charge < -0.3 is 4.42 Å². The number of hydrogen-bond acceptors (Lipinski definition) is 6. The highest BCUT2D eigenvalue weighted by Crippen LogP contribution is 2.30. The van der Waals surface area contributed by atoms with Crippen LogP contribution in [0.25, 0.3) is 33.7 Å². The first-order valence-corrected chi connectivity index (χ1v) is 9.81. The van der Waals surface area contributed by atoms with Crippen LogP contribution in [0.15, 0.2) is 59.1 Å². The smallest absolute Gasteiger partial charge is 0.288 e. The van der Waals surface area contributed by atoms with Gasteiger partial charge in [-0.15, -0.1) is 5.10 Å². The number of benzene rings is 1. The van der Waals surface area contributed by atoms with Gasteiger partial charge in [-0.25, -0.2) is 9.67 Å². The Balaban J connectivity index is 1.63. The maximum Gasteiger partial charge on any atom is 0.288 e. The first-order chi connectivity index (χ1) is 13.8. The quantitative estimate of drug-likeness (QED) is 0.478. The molecule has 0 amide bonds. The average Bonchev–Trinajstić information content (AvgIpc) is 3.38. The Kier molecular flexibility index (Phi) is 4.46. The molecule has 0 aliphatic carbocycles. The van der Waals surface area contributed by atoms with Gasteiger partial charge in [0, 0.05) is 11.6 Å². The Morgan fingerprint density at radius 3 is 2.64 bits per heavy atom. The third-order valence-electron chi connectivity index (χ3n) is 5.01. The summed E-state index contributed by atoms with van der Waals surface area (Å²) >= 11 is 5.44. The van der Waals surface area contributed by atoms with E-state index in [1.54, 1.807) is 10.9 Å². The minimum absolute atomic E-state index is 0.391. The molecular weight excluding hydrogens is 370 g/mol. The lowest BCUT2D eigenvalue weighted by molar-refractivity contribution is 0.249. The van der Waals surface area contributed by atoms with E-state index in [9.17, 15) is 0 Å². The third kappa shape index (κ3) is 3.23. The maximum atomic E-state index is 5.90. The van der Waals surface area contributed by atoms with Crippen LogP contribution >= 0.6 is 12.2 Å². The number of fused-ring (bicyclic) bond motifs is 1. The van der Waals surface area contributed by atoms with Crippen molar-refractivity contribution < 1.29 is 4.42 Å². The van der Waals surface area contributed by atoms with Crippen LogP contribution in [0.4, 0.5) is 0 Å². The molecule has 3 aromatic heterocycles. The van der Waals surface area contributed by atoms with E-state index < -0.39 is 0 Å². The normalized spacial score (nSPS) is 14.7. The van der Waals surface area contributed by atoms with Crippen LogP contribution in [0.5, 0.6) is 0 Å². The van der Waals surface area contributed by atoms with Crippen molar-refractivity contribution in [1.82, 2.24) is 24.6 Å². The molecular formula is C21H19N5OS. The first kappa shape index (κ1) is 17.2. The summed E-state index contributed by atoms with van der Waals surface area (Å²) in [6.45, 7) is 2.82. The van der Waals surface area contributed by atoms with Crippen LogP contribution in [-0.2, 0) is 6.67 Å². The molecule has 0 unspecified atom stereocenters. The van der Waals surface area contributed by atoms with Crippen molar-refractivity contribution in [3.05, 3.63) is 59.6 Å². The van der Waals surface area contributed by atoms with Crippen molar-refractivity contribution in [2.75, 3.05) is 13.1 Å². The predicted molar refractivity (Wildman–Crippen MR) is 110 cm³/mol. The molecule has 1 aliphatic rings. The standard InChI is InChI=1S/C21H19N5OS/c28-21-26(14-25-11-5-6-12-25)24-20(27-21)16-13-19(18-9-3-4-10-22-18)23-17-8-2-1-7-15(16)17/h1-4,7-10,13H,5-6,11-12,14H2. The molecule has 0 radical (unpaired) electrons. The number of nitrogens with zero attached hydrogens (tertiary/aromatic N) is 5. The van der Waals surface area contributed by atoms with Crippen LogP contribution in [0.3, 0.4) is 0 Å². The van der Waals surface area contributed by atoms with Crippen molar-refractivity contribution >= 4 is 23.1 Å². The van der Waals surface area contributed by atoms with Gasteiger partial charge in [-0.2, -0.15) is 0 Å². The number of rotatable bonds is 4. The summed E-state index contributed by atoms with van der Waals surface area (Å²) in [7, 11) is 0. The molecule has 4 heterocycles. The molecule has 28 heavy (non-hydrogen) atoms. The van der Waals surface area contributed by atoms with Crippen molar-refractivity contribution in [1.29, 1.82) is 0 Å². The monoisotopic (exact) mass is 389 g/mol. The van der Waals surface area contributed by atoms with Gasteiger partial charge in [-0.05, 0) is 62.4 Å². The number of likely N-dealkylation sites (tertiary alicyclic amines) is 1. The van der Waals surface area contributed by atoms with Gasteiger partial charge in [0.05, 0.1) is 29.1 Å². The second-order valence-electron chi connectivity index (χ2n) is 6.93. The van der Waals surface area contributed by atoms with E-state index in [-0.39, 0.29) is 0 Å². The van der Waals surface area contributed by atoms with Crippen molar-refractivity contribution in [2.45, 2.75) is 19.5 Å². The van der Waals surface area contributed by atoms with Crippen LogP contribution in [-0.4, -0.2) is 37.7 Å². The minimum atomic E-state index is 0.391. The summed E-state index contributed by atoms with van der Waals surface area (Å²) in [5.74, 6) is 0.514. The molecule has 5 rings (SSSR count). The molecule has 4 aromatic rings. The van der Waals surface area contributed by atoms with E-state index in [0.29, 0.717) is 17.4 Å². The molecule has 0 atom stereocenters. The van der Waals surface area contributed by atoms with Crippen molar-refractivity contribution in [2.24, 2.45) is 0 Å². The second-order valence-corrected chi connectivity index (χ2v) is 7.28. The van der Waals surface area contributed by atoms with Gasteiger partial charge in [-0.1, -0.05) is 24.3 Å². The SMILES string of the molecule is S=c1oc(-c2cc(-c3ccccn3)nc3ccccc23)nn1CN1CCCC1. The van der Waals surface area contributed by atoms with E-state index in [0.717, 1.165) is 40.9 Å². The number of aromatic nitrogens is 4. The van der Waals surface area contributed by atoms with Gasteiger partial charge in [0.15, 0.2) is 0 Å². The van der Waals surface area contributed by atoms with Gasteiger partial charge in [0.2, 0.25) is 5.89 Å². The Labute approximate surface area is 167 Å². The number of para-hydroxylation sites is 1. The Morgan fingerprint density at radius 2 is 1.82 bits per heavy atom. The molecule has 0 bridgehead atoms. The topological polar surface area (TPSA) is 60.0 Å². The minimum Gasteiger partial charge on any atom is -0.409 e. The Bertz CT molecular complexity index is 1180. The van der Waals surface area contributed by atoms with Crippen LogP contribution in [0, 0.1) is 4.84 Å². The van der Waals surface area contributed by atoms with Crippen molar-refractivity contribution in [3.8, 4) is 22.8 Å². The second kappa shape index (κ2) is 7.26. The molecule has 0 spiro atoms. The van der Waals surface area contributed by atoms with E-state index in [4.69, 9.17) is 21.6 Å². The largest absolute Gasteiger partial charge is 0.409 e. The summed E-state index contributed by atoms with van der Waals surface area (Å²) in [4.78, 5) is 11.9. The molecule has 6 nitrogen and oxygen atoms in total. The molecule has 1 aliphatic heterocycles. The number of hydrogen-bond donors (Lipinski definition) is 0. The summed E-state index contributed by atoms with van der Waals surface area (Å²) in [5.41, 5.74) is 3.34. The fourth-order valence-corrected chi connectivity index (χ4v) is 3.79. The van der Waals surface area contributed by atoms with Crippen LogP contribution in [0.2, 0.25) is 0 Å². The van der Waals surface area contributed by atoms with Crippen LogP contribution in [0.1, 0.15) is 12.8 Å². The molecule has 1 saturated heterocycles. The lowest BCUT2D eigenvalue weighted by Crippen LogP contribution is -2.23. The van der Waals surface area contributed by atoms with E-state index in [1.807, 2.05) is 48.5 Å². The summed E-state index contributed by atoms with van der Waals surface area (Å²) < 4.78 is 7.67. The molecule has 0 N–H and O–H groups in total. The molecule has 140 valence electrons.